The molecule has 2 heterocycles. The van der Waals surface area contributed by atoms with Crippen LogP contribution in [-0.2, 0) is 0 Å². The quantitative estimate of drug-likeness (QED) is 0.128. The molecule has 172 valence electrons. The van der Waals surface area contributed by atoms with E-state index in [0.717, 1.165) is 41.7 Å². The van der Waals surface area contributed by atoms with Gasteiger partial charge in [0, 0.05) is 24.9 Å². The monoisotopic (exact) mass is 546 g/mol. The lowest BCUT2D eigenvalue weighted by Gasteiger charge is -2.45. The first-order chi connectivity index (χ1) is 14.2. The highest BCUT2D eigenvalue weighted by Gasteiger charge is 2.39. The van der Waals surface area contributed by atoms with Crippen molar-refractivity contribution in [3.63, 3.8) is 0 Å². The van der Waals surface area contributed by atoms with Crippen LogP contribution in [0.4, 0.5) is 0 Å². The molecule has 0 aliphatic carbocycles. The molecule has 30 heavy (non-hydrogen) atoms. The number of halogens is 2. The van der Waals surface area contributed by atoms with Crippen LogP contribution in [0.2, 0.25) is 0 Å². The van der Waals surface area contributed by atoms with Crippen LogP contribution in [-0.4, -0.2) is 27.7 Å². The number of rotatable bonds is 13. The molecule has 0 aromatic heterocycles. The van der Waals surface area contributed by atoms with Crippen LogP contribution in [0.25, 0.3) is 0 Å². The smallest absolute Gasteiger partial charge is 0.133 e. The van der Waals surface area contributed by atoms with Gasteiger partial charge in [0.1, 0.15) is 5.84 Å². The third kappa shape index (κ3) is 6.27. The molecular formula is C26H44ClIN2. The molecule has 0 N–H and O–H groups in total. The highest BCUT2D eigenvalue weighted by molar-refractivity contribution is 14.1. The predicted molar refractivity (Wildman–Crippen MR) is 143 cm³/mol. The van der Waals surface area contributed by atoms with Gasteiger partial charge >= 0.3 is 0 Å². The summed E-state index contributed by atoms with van der Waals surface area (Å²) < 4.78 is 0.280. The first-order valence-corrected chi connectivity index (χ1v) is 13.9. The number of fused-ring (bicyclic) bond motifs is 1. The molecule has 1 atom stereocenters. The van der Waals surface area contributed by atoms with E-state index in [2.05, 4.69) is 80.1 Å². The molecule has 0 saturated carbocycles. The molecule has 0 saturated heterocycles. The van der Waals surface area contributed by atoms with Crippen LogP contribution in [0.15, 0.2) is 27.9 Å². The van der Waals surface area contributed by atoms with Crippen LogP contribution in [0, 0.1) is 23.2 Å². The Morgan fingerprint density at radius 3 is 2.07 bits per heavy atom. The maximum atomic E-state index is 6.24. The Morgan fingerprint density at radius 1 is 0.967 bits per heavy atom. The highest BCUT2D eigenvalue weighted by Crippen LogP contribution is 2.47. The van der Waals surface area contributed by atoms with E-state index < -0.39 is 0 Å². The SMILES string of the molecule is CC(C)C(CCCCCCCCCN1CC=C2C1=NC=C(Cl)C2I)(C(C)C)C(C)C. The van der Waals surface area contributed by atoms with Crippen molar-refractivity contribution >= 4 is 40.0 Å². The number of nitrogens with zero attached hydrogens (tertiary/aromatic N) is 2. The standard InChI is InChI=1S/C26H44ClIN2/c1-19(2)26(20(3)4,21(5)6)15-12-10-8-7-9-11-13-16-30-17-14-22-24(28)23(27)18-29-25(22)30/h14,18-21,24H,7-13,15-17H2,1-6H3. The van der Waals surface area contributed by atoms with Gasteiger partial charge in [-0.05, 0) is 36.0 Å². The largest absolute Gasteiger partial charge is 0.353 e. The normalized spacial score (nSPS) is 19.5. The Bertz CT molecular complexity index is 611. The zero-order chi connectivity index (χ0) is 22.3. The van der Waals surface area contributed by atoms with E-state index in [9.17, 15) is 0 Å². The Hall–Kier alpha value is -0.0300. The highest BCUT2D eigenvalue weighted by atomic mass is 127. The molecule has 2 aliphatic rings. The minimum absolute atomic E-state index is 0.280. The van der Waals surface area contributed by atoms with Crippen molar-refractivity contribution in [2.45, 2.75) is 96.8 Å². The molecule has 0 aromatic carbocycles. The van der Waals surface area contributed by atoms with Crippen molar-refractivity contribution < 1.29 is 0 Å². The van der Waals surface area contributed by atoms with Gasteiger partial charge in [0.2, 0.25) is 0 Å². The maximum Gasteiger partial charge on any atom is 0.133 e. The van der Waals surface area contributed by atoms with Crippen LogP contribution < -0.4 is 0 Å². The van der Waals surface area contributed by atoms with Crippen molar-refractivity contribution in [3.8, 4) is 0 Å². The molecule has 0 amide bonds. The van der Waals surface area contributed by atoms with Crippen LogP contribution in [0.5, 0.6) is 0 Å². The fourth-order valence-corrected chi connectivity index (χ4v) is 6.82. The minimum atomic E-state index is 0.280. The van der Waals surface area contributed by atoms with Gasteiger partial charge in [-0.3, -0.25) is 0 Å². The van der Waals surface area contributed by atoms with Crippen molar-refractivity contribution in [1.29, 1.82) is 0 Å². The van der Waals surface area contributed by atoms with Gasteiger partial charge in [-0.15, -0.1) is 0 Å². The predicted octanol–water partition coefficient (Wildman–Crippen LogP) is 8.60. The summed E-state index contributed by atoms with van der Waals surface area (Å²) in [6.07, 6.45) is 15.1. The summed E-state index contributed by atoms with van der Waals surface area (Å²) in [6, 6.07) is 0. The van der Waals surface area contributed by atoms with E-state index in [0.29, 0.717) is 5.41 Å². The average molecular weight is 547 g/mol. The summed E-state index contributed by atoms with van der Waals surface area (Å²) in [5.74, 6) is 3.45. The number of hydrogen-bond acceptors (Lipinski definition) is 2. The van der Waals surface area contributed by atoms with Gasteiger partial charge in [0.25, 0.3) is 0 Å². The lowest BCUT2D eigenvalue weighted by molar-refractivity contribution is 0.0356. The van der Waals surface area contributed by atoms with Crippen LogP contribution >= 0.6 is 34.2 Å². The number of aliphatic imine (C=N–C) groups is 1. The summed E-state index contributed by atoms with van der Waals surface area (Å²) in [5.41, 5.74) is 1.81. The number of unbranched alkanes of at least 4 members (excludes halogenated alkanes) is 6. The van der Waals surface area contributed by atoms with E-state index in [-0.39, 0.29) is 3.92 Å². The van der Waals surface area contributed by atoms with Crippen molar-refractivity contribution in [3.05, 3.63) is 22.9 Å². The summed E-state index contributed by atoms with van der Waals surface area (Å²) in [6.45, 7) is 16.7. The number of hydrogen-bond donors (Lipinski definition) is 0. The molecular weight excluding hydrogens is 503 g/mol. The Kier molecular flexibility index (Phi) is 10.7. The fourth-order valence-electron chi connectivity index (χ4n) is 5.96. The van der Waals surface area contributed by atoms with Crippen LogP contribution in [0.3, 0.4) is 0 Å². The van der Waals surface area contributed by atoms with Crippen molar-refractivity contribution in [2.75, 3.05) is 13.1 Å². The average Bonchev–Trinajstić information content (AvgIpc) is 3.09. The topological polar surface area (TPSA) is 15.6 Å². The number of amidine groups is 1. The molecule has 0 radical (unpaired) electrons. The molecule has 4 heteroatoms. The summed E-state index contributed by atoms with van der Waals surface area (Å²) >= 11 is 8.65. The first kappa shape index (κ1) is 26.2. The number of allylic oxidation sites excluding steroid dienone is 1. The van der Waals surface area contributed by atoms with Crippen molar-refractivity contribution in [2.24, 2.45) is 28.2 Å². The van der Waals surface area contributed by atoms with E-state index in [1.54, 1.807) is 0 Å². The fraction of sp³-hybridized carbons (Fsp3) is 0.808. The zero-order valence-electron chi connectivity index (χ0n) is 20.2. The van der Waals surface area contributed by atoms with Crippen molar-refractivity contribution in [1.82, 2.24) is 4.90 Å². The van der Waals surface area contributed by atoms with Gasteiger partial charge in [0.05, 0.1) is 8.96 Å². The maximum absolute atomic E-state index is 6.24. The Labute approximate surface area is 205 Å². The van der Waals surface area contributed by atoms with Gasteiger partial charge in [-0.25, -0.2) is 4.99 Å². The van der Waals surface area contributed by atoms with E-state index in [1.807, 2.05) is 6.20 Å². The van der Waals surface area contributed by atoms with Gasteiger partial charge in [-0.2, -0.15) is 0 Å². The van der Waals surface area contributed by atoms with E-state index in [4.69, 9.17) is 11.6 Å². The summed E-state index contributed by atoms with van der Waals surface area (Å²) in [7, 11) is 0. The molecule has 0 fully saturated rings. The van der Waals surface area contributed by atoms with Gasteiger partial charge in [-0.1, -0.05) is 120 Å². The van der Waals surface area contributed by atoms with Gasteiger partial charge < -0.3 is 4.90 Å². The second-order valence-corrected chi connectivity index (χ2v) is 11.9. The molecule has 2 rings (SSSR count). The summed E-state index contributed by atoms with van der Waals surface area (Å²) in [4.78, 5) is 7.01. The van der Waals surface area contributed by atoms with E-state index in [1.165, 1.54) is 56.9 Å². The van der Waals surface area contributed by atoms with Crippen LogP contribution in [0.1, 0.15) is 92.9 Å². The third-order valence-electron chi connectivity index (χ3n) is 7.68. The minimum Gasteiger partial charge on any atom is -0.353 e. The number of alkyl halides is 1. The molecule has 2 nitrogen and oxygen atoms in total. The molecule has 0 bridgehead atoms. The lowest BCUT2D eigenvalue weighted by Crippen LogP contribution is -2.38. The Morgan fingerprint density at radius 2 is 1.50 bits per heavy atom. The molecule has 1 unspecified atom stereocenters. The van der Waals surface area contributed by atoms with E-state index >= 15 is 0 Å². The zero-order valence-corrected chi connectivity index (χ0v) is 23.1. The second kappa shape index (κ2) is 12.3. The lowest BCUT2D eigenvalue weighted by atomic mass is 9.60. The third-order valence-corrected chi connectivity index (χ3v) is 9.70. The Balaban J connectivity index is 1.59. The summed E-state index contributed by atoms with van der Waals surface area (Å²) in [5, 5.41) is 0.847. The molecule has 0 spiro atoms. The second-order valence-electron chi connectivity index (χ2n) is 10.2. The molecule has 0 aromatic rings. The molecule has 2 aliphatic heterocycles. The van der Waals surface area contributed by atoms with Gasteiger partial charge in [0.15, 0.2) is 0 Å². The first-order valence-electron chi connectivity index (χ1n) is 12.2.